The summed E-state index contributed by atoms with van der Waals surface area (Å²) in [7, 11) is 0. The van der Waals surface area contributed by atoms with E-state index in [9.17, 15) is 4.79 Å². The molecule has 0 aromatic heterocycles. The van der Waals surface area contributed by atoms with Crippen molar-refractivity contribution in [1.29, 1.82) is 0 Å². The zero-order chi connectivity index (χ0) is 9.97. The summed E-state index contributed by atoms with van der Waals surface area (Å²) in [5.74, 6) is 5.58. The second-order valence-electron chi connectivity index (χ2n) is 3.05. The molecule has 14 heavy (non-hydrogen) atoms. The molecule has 1 atom stereocenters. The monoisotopic (exact) mass is 186 g/mol. The van der Waals surface area contributed by atoms with Crippen LogP contribution in [-0.4, -0.2) is 5.97 Å². The van der Waals surface area contributed by atoms with Crippen LogP contribution in [0.5, 0.6) is 0 Å². The molecule has 0 radical (unpaired) electrons. The van der Waals surface area contributed by atoms with Gasteiger partial charge in [-0.2, -0.15) is 0 Å². The maximum Gasteiger partial charge on any atom is 0.340 e. The molecule has 1 aromatic rings. The van der Waals surface area contributed by atoms with Crippen molar-refractivity contribution in [3.8, 4) is 11.8 Å². The molecule has 0 bridgehead atoms. The van der Waals surface area contributed by atoms with E-state index in [4.69, 9.17) is 4.74 Å². The van der Waals surface area contributed by atoms with Crippen LogP contribution in [0.2, 0.25) is 0 Å². The Bertz CT molecular complexity index is 423. The van der Waals surface area contributed by atoms with E-state index in [-0.39, 0.29) is 12.1 Å². The van der Waals surface area contributed by atoms with Crippen molar-refractivity contribution in [3.05, 3.63) is 35.4 Å². The average molecular weight is 186 g/mol. The standard InChI is InChI=1S/C12H10O2/c1-2-3-8-11-9-6-4-5-7-10(9)12(13)14-11/h4-7,11H,2H2,1H3. The van der Waals surface area contributed by atoms with Crippen molar-refractivity contribution < 1.29 is 9.53 Å². The van der Waals surface area contributed by atoms with Crippen LogP contribution >= 0.6 is 0 Å². The fourth-order valence-electron chi connectivity index (χ4n) is 1.45. The van der Waals surface area contributed by atoms with Crippen LogP contribution in [0.25, 0.3) is 0 Å². The third kappa shape index (κ3) is 1.38. The molecule has 0 amide bonds. The predicted octanol–water partition coefficient (Wildman–Crippen LogP) is 2.31. The maximum atomic E-state index is 11.3. The first-order chi connectivity index (χ1) is 6.83. The minimum absolute atomic E-state index is 0.268. The second-order valence-corrected chi connectivity index (χ2v) is 3.05. The molecule has 2 nitrogen and oxygen atoms in total. The highest BCUT2D eigenvalue weighted by Gasteiger charge is 2.28. The number of benzene rings is 1. The van der Waals surface area contributed by atoms with E-state index in [1.165, 1.54) is 0 Å². The van der Waals surface area contributed by atoms with Crippen LogP contribution in [-0.2, 0) is 4.74 Å². The van der Waals surface area contributed by atoms with Gasteiger partial charge in [0.15, 0.2) is 6.10 Å². The van der Waals surface area contributed by atoms with Gasteiger partial charge in [-0.05, 0) is 6.07 Å². The molecule has 0 spiro atoms. The normalized spacial score (nSPS) is 18.1. The molecular weight excluding hydrogens is 176 g/mol. The molecule has 0 fully saturated rings. The molecule has 1 aliphatic heterocycles. The lowest BCUT2D eigenvalue weighted by molar-refractivity contribution is 0.0481. The number of ether oxygens (including phenoxy) is 1. The molecule has 2 heteroatoms. The van der Waals surface area contributed by atoms with Gasteiger partial charge in [0.1, 0.15) is 0 Å². The highest BCUT2D eigenvalue weighted by molar-refractivity contribution is 5.94. The van der Waals surface area contributed by atoms with E-state index >= 15 is 0 Å². The van der Waals surface area contributed by atoms with Crippen LogP contribution in [0, 0.1) is 11.8 Å². The SMILES string of the molecule is CCC#CC1OC(=O)c2ccccc21. The molecule has 1 unspecified atom stereocenters. The zero-order valence-electron chi connectivity index (χ0n) is 7.91. The Labute approximate surface area is 82.9 Å². The number of cyclic esters (lactones) is 1. The first kappa shape index (κ1) is 8.83. The summed E-state index contributed by atoms with van der Waals surface area (Å²) < 4.78 is 5.12. The summed E-state index contributed by atoms with van der Waals surface area (Å²) >= 11 is 0. The van der Waals surface area contributed by atoms with Gasteiger partial charge in [-0.1, -0.05) is 37.0 Å². The van der Waals surface area contributed by atoms with E-state index in [0.717, 1.165) is 12.0 Å². The van der Waals surface area contributed by atoms with Gasteiger partial charge < -0.3 is 4.74 Å². The Morgan fingerprint density at radius 3 is 3.00 bits per heavy atom. The third-order valence-corrected chi connectivity index (χ3v) is 2.10. The molecular formula is C12H10O2. The van der Waals surface area contributed by atoms with Crippen molar-refractivity contribution in [2.75, 3.05) is 0 Å². The first-order valence-corrected chi connectivity index (χ1v) is 4.61. The Morgan fingerprint density at radius 1 is 1.43 bits per heavy atom. The van der Waals surface area contributed by atoms with E-state index in [0.29, 0.717) is 5.56 Å². The van der Waals surface area contributed by atoms with Crippen molar-refractivity contribution in [2.24, 2.45) is 0 Å². The quantitative estimate of drug-likeness (QED) is 0.459. The molecule has 1 aliphatic rings. The Hall–Kier alpha value is -1.75. The lowest BCUT2D eigenvalue weighted by atomic mass is 10.1. The molecule has 0 saturated heterocycles. The van der Waals surface area contributed by atoms with E-state index in [2.05, 4.69) is 11.8 Å². The Morgan fingerprint density at radius 2 is 2.21 bits per heavy atom. The van der Waals surface area contributed by atoms with Gasteiger partial charge in [-0.15, -0.1) is 0 Å². The molecule has 70 valence electrons. The van der Waals surface area contributed by atoms with Crippen LogP contribution in [0.15, 0.2) is 24.3 Å². The number of fused-ring (bicyclic) bond motifs is 1. The van der Waals surface area contributed by atoms with Crippen molar-refractivity contribution in [2.45, 2.75) is 19.4 Å². The lowest BCUT2D eigenvalue weighted by Crippen LogP contribution is -1.95. The van der Waals surface area contributed by atoms with Gasteiger partial charge in [0.25, 0.3) is 0 Å². The minimum Gasteiger partial charge on any atom is -0.441 e. The Kier molecular flexibility index (Phi) is 2.24. The minimum atomic E-state index is -0.362. The first-order valence-electron chi connectivity index (χ1n) is 4.61. The summed E-state index contributed by atoms with van der Waals surface area (Å²) in [6, 6.07) is 7.37. The smallest absolute Gasteiger partial charge is 0.340 e. The summed E-state index contributed by atoms with van der Waals surface area (Å²) in [4.78, 5) is 11.3. The maximum absolute atomic E-state index is 11.3. The molecule has 2 rings (SSSR count). The number of hydrogen-bond donors (Lipinski definition) is 0. The molecule has 0 aliphatic carbocycles. The molecule has 1 heterocycles. The molecule has 0 saturated carbocycles. The number of hydrogen-bond acceptors (Lipinski definition) is 2. The van der Waals surface area contributed by atoms with E-state index < -0.39 is 0 Å². The van der Waals surface area contributed by atoms with E-state index in [1.54, 1.807) is 6.07 Å². The fraction of sp³-hybridized carbons (Fsp3) is 0.250. The van der Waals surface area contributed by atoms with Gasteiger partial charge in [-0.25, -0.2) is 4.79 Å². The fourth-order valence-corrected chi connectivity index (χ4v) is 1.45. The van der Waals surface area contributed by atoms with Crippen molar-refractivity contribution in [3.63, 3.8) is 0 Å². The summed E-state index contributed by atoms with van der Waals surface area (Å²) in [6.07, 6.45) is 0.412. The van der Waals surface area contributed by atoms with Gasteiger partial charge in [0, 0.05) is 12.0 Å². The number of carbonyl (C=O) groups excluding carboxylic acids is 1. The zero-order valence-corrected chi connectivity index (χ0v) is 7.91. The Balaban J connectivity index is 2.39. The summed E-state index contributed by atoms with van der Waals surface area (Å²) in [5, 5.41) is 0. The van der Waals surface area contributed by atoms with Crippen molar-refractivity contribution >= 4 is 5.97 Å². The largest absolute Gasteiger partial charge is 0.441 e. The highest BCUT2D eigenvalue weighted by Crippen LogP contribution is 2.29. The van der Waals surface area contributed by atoms with Gasteiger partial charge in [-0.3, -0.25) is 0 Å². The van der Waals surface area contributed by atoms with Crippen LogP contribution in [0.1, 0.15) is 35.4 Å². The van der Waals surface area contributed by atoms with E-state index in [1.807, 2.05) is 25.1 Å². The lowest BCUT2D eigenvalue weighted by Gasteiger charge is -2.00. The topological polar surface area (TPSA) is 26.3 Å². The summed E-state index contributed by atoms with van der Waals surface area (Å²) in [6.45, 7) is 1.97. The average Bonchev–Trinajstić information content (AvgIpc) is 2.54. The molecule has 0 N–H and O–H groups in total. The van der Waals surface area contributed by atoms with Gasteiger partial charge in [0.05, 0.1) is 5.56 Å². The van der Waals surface area contributed by atoms with Gasteiger partial charge in [0.2, 0.25) is 0 Å². The highest BCUT2D eigenvalue weighted by atomic mass is 16.5. The summed E-state index contributed by atoms with van der Waals surface area (Å²) in [5.41, 5.74) is 1.53. The number of rotatable bonds is 0. The van der Waals surface area contributed by atoms with Crippen LogP contribution < -0.4 is 0 Å². The van der Waals surface area contributed by atoms with Gasteiger partial charge >= 0.3 is 5.97 Å². The number of carbonyl (C=O) groups is 1. The number of esters is 1. The van der Waals surface area contributed by atoms with Crippen molar-refractivity contribution in [1.82, 2.24) is 0 Å². The van der Waals surface area contributed by atoms with Crippen LogP contribution in [0.3, 0.4) is 0 Å². The second kappa shape index (κ2) is 3.55. The predicted molar refractivity (Wildman–Crippen MR) is 52.7 cm³/mol. The molecule has 1 aromatic carbocycles. The third-order valence-electron chi connectivity index (χ3n) is 2.10. The van der Waals surface area contributed by atoms with Crippen LogP contribution in [0.4, 0.5) is 0 Å².